The summed E-state index contributed by atoms with van der Waals surface area (Å²) in [5.41, 5.74) is 0. The summed E-state index contributed by atoms with van der Waals surface area (Å²) in [6.45, 7) is 0. The van der Waals surface area contributed by atoms with Crippen LogP contribution < -0.4 is 20.4 Å². The fraction of sp³-hybridized carbons (Fsp3) is 0. The van der Waals surface area contributed by atoms with Crippen LogP contribution in [-0.4, -0.2) is 51.2 Å². The van der Waals surface area contributed by atoms with E-state index in [4.69, 9.17) is 42.4 Å². The van der Waals surface area contributed by atoms with E-state index < -0.39 is 23.9 Å². The molecular formula is C4O9PbZr. The molecule has 9 nitrogen and oxygen atoms in total. The SMILES string of the molecule is O=C([O-])C(=O)[O-].O=C([O-])C(=O)[O-].[O]=[Zr+2].[Pb+2]. The van der Waals surface area contributed by atoms with E-state index in [2.05, 4.69) is 0 Å². The van der Waals surface area contributed by atoms with Gasteiger partial charge in [-0.2, -0.15) is 0 Å². The summed E-state index contributed by atoms with van der Waals surface area (Å²) in [6, 6.07) is 0. The minimum absolute atomic E-state index is 0. The maximum Gasteiger partial charge on any atom is 2.00 e. The average molecular weight is 490 g/mol. The first-order valence-electron chi connectivity index (χ1n) is 2.34. The molecule has 0 saturated carbocycles. The molecule has 0 unspecified atom stereocenters. The van der Waals surface area contributed by atoms with Gasteiger partial charge in [0.05, 0.1) is 23.9 Å². The summed E-state index contributed by atoms with van der Waals surface area (Å²) in [5, 5.41) is 35.7. The third-order valence-corrected chi connectivity index (χ3v) is 0.333. The maximum absolute atomic E-state index is 8.93. The van der Waals surface area contributed by atoms with E-state index in [9.17, 15) is 0 Å². The molecule has 2 radical (unpaired) electrons. The van der Waals surface area contributed by atoms with Crippen LogP contribution in [0.15, 0.2) is 0 Å². The number of carbonyl (C=O) groups excluding carboxylic acids is 4. The molecule has 0 aliphatic heterocycles. The fourth-order valence-corrected chi connectivity index (χ4v) is 0. The number of aliphatic carboxylic acids is 4. The minimum Gasteiger partial charge on any atom is 2.00 e. The molecule has 15 heavy (non-hydrogen) atoms. The van der Waals surface area contributed by atoms with Crippen molar-refractivity contribution >= 4 is 51.2 Å². The summed E-state index contributed by atoms with van der Waals surface area (Å²) in [7, 11) is 0. The van der Waals surface area contributed by atoms with Crippen molar-refractivity contribution < 1.29 is 67.1 Å². The van der Waals surface area contributed by atoms with E-state index in [1.807, 2.05) is 0 Å². The summed E-state index contributed by atoms with van der Waals surface area (Å²) >= 11 is 0.300. The zero-order chi connectivity index (χ0) is 12.3. The number of hydrogen-bond acceptors (Lipinski definition) is 9. The third kappa shape index (κ3) is 31.7. The van der Waals surface area contributed by atoms with Gasteiger partial charge in [0.2, 0.25) is 0 Å². The van der Waals surface area contributed by atoms with Crippen LogP contribution in [0.1, 0.15) is 0 Å². The van der Waals surface area contributed by atoms with Gasteiger partial charge in [-0.1, -0.05) is 0 Å². The van der Waals surface area contributed by atoms with Gasteiger partial charge in [0.15, 0.2) is 0 Å². The van der Waals surface area contributed by atoms with Crippen LogP contribution in [0.5, 0.6) is 0 Å². The van der Waals surface area contributed by atoms with Gasteiger partial charge in [0.1, 0.15) is 0 Å². The van der Waals surface area contributed by atoms with Crippen molar-refractivity contribution in [3.05, 3.63) is 0 Å². The molecule has 0 N–H and O–H groups in total. The van der Waals surface area contributed by atoms with Gasteiger partial charge in [0, 0.05) is 0 Å². The standard InChI is InChI=1S/2C2H2O4.O.Pb.Zr/c2*3-1(4)2(5)6;;;/h2*(H,3,4)(H,5,6);;;/q;;;2*+2/p-4. The number of hydrogen-bond donors (Lipinski definition) is 0. The van der Waals surface area contributed by atoms with E-state index >= 15 is 0 Å². The minimum atomic E-state index is -2.19. The summed E-state index contributed by atoms with van der Waals surface area (Å²) in [4.78, 5) is 35.7. The summed E-state index contributed by atoms with van der Waals surface area (Å²) in [5.74, 6) is -8.74. The van der Waals surface area contributed by atoms with Crippen molar-refractivity contribution in [2.75, 3.05) is 0 Å². The number of carboxylic acids is 4. The van der Waals surface area contributed by atoms with Crippen molar-refractivity contribution in [2.45, 2.75) is 0 Å². The Hall–Kier alpha value is -0.515. The van der Waals surface area contributed by atoms with Crippen LogP contribution >= 0.6 is 0 Å². The molecule has 0 aliphatic rings. The van der Waals surface area contributed by atoms with Crippen LogP contribution in [0.4, 0.5) is 0 Å². The topological polar surface area (TPSA) is 178 Å². The smallest absolute Gasteiger partial charge is 2.00 e. The molecular weight excluding hydrogens is 490 g/mol. The van der Waals surface area contributed by atoms with E-state index in [0.717, 1.165) is 0 Å². The first kappa shape index (κ1) is 24.0. The number of carbonyl (C=O) groups is 4. The van der Waals surface area contributed by atoms with E-state index in [0.29, 0.717) is 24.7 Å². The van der Waals surface area contributed by atoms with Gasteiger partial charge in [-0.25, -0.2) is 0 Å². The Kier molecular flexibility index (Phi) is 25.5. The third-order valence-electron chi connectivity index (χ3n) is 0.333. The number of carboxylic acid groups (broad SMARTS) is 4. The molecule has 0 rings (SSSR count). The van der Waals surface area contributed by atoms with Gasteiger partial charge in [-0.3, -0.25) is 0 Å². The predicted octanol–water partition coefficient (Wildman–Crippen LogP) is -7.53. The Morgan fingerprint density at radius 2 is 0.667 bits per heavy atom. The van der Waals surface area contributed by atoms with E-state index in [-0.39, 0.29) is 27.3 Å². The summed E-state index contributed by atoms with van der Waals surface area (Å²) in [6.07, 6.45) is 0. The molecule has 0 aliphatic carbocycles. The molecule has 0 aromatic rings. The first-order valence-corrected chi connectivity index (χ1v) is 3.34. The fourth-order valence-electron chi connectivity index (χ4n) is 0. The molecule has 0 spiro atoms. The van der Waals surface area contributed by atoms with Crippen molar-refractivity contribution in [3.8, 4) is 0 Å². The first-order chi connectivity index (χ1) is 6.29. The molecule has 11 heteroatoms. The van der Waals surface area contributed by atoms with Crippen LogP contribution in [0.3, 0.4) is 0 Å². The molecule has 0 amide bonds. The normalized spacial score (nSPS) is 6.27. The Bertz CT molecular complexity index is 190. The van der Waals surface area contributed by atoms with Crippen LogP contribution in [0.2, 0.25) is 0 Å². The Morgan fingerprint density at radius 3 is 0.667 bits per heavy atom. The second-order valence-corrected chi connectivity index (χ2v) is 1.15. The van der Waals surface area contributed by atoms with Gasteiger partial charge in [-0.05, 0) is 0 Å². The molecule has 0 heterocycles. The number of rotatable bonds is 0. The molecule has 0 aromatic heterocycles. The zero-order valence-corrected chi connectivity index (χ0v) is 13.0. The largest absolute Gasteiger partial charge is 2.00 e. The van der Waals surface area contributed by atoms with Gasteiger partial charge < -0.3 is 39.6 Å². The van der Waals surface area contributed by atoms with Crippen LogP contribution in [0.25, 0.3) is 0 Å². The molecule has 0 atom stereocenters. The summed E-state index contributed by atoms with van der Waals surface area (Å²) < 4.78 is 8.34. The predicted molar refractivity (Wildman–Crippen MR) is 26.5 cm³/mol. The Morgan fingerprint density at radius 1 is 0.600 bits per heavy atom. The van der Waals surface area contributed by atoms with Crippen molar-refractivity contribution in [3.63, 3.8) is 0 Å². The molecule has 0 saturated heterocycles. The molecule has 0 fully saturated rings. The van der Waals surface area contributed by atoms with Gasteiger partial charge >= 0.3 is 54.8 Å². The second kappa shape index (κ2) is 15.9. The average Bonchev–Trinajstić information content (AvgIpc) is 2.08. The van der Waals surface area contributed by atoms with Gasteiger partial charge in [-0.15, -0.1) is 0 Å². The van der Waals surface area contributed by atoms with Crippen molar-refractivity contribution in [1.82, 2.24) is 0 Å². The van der Waals surface area contributed by atoms with Crippen molar-refractivity contribution in [2.24, 2.45) is 0 Å². The molecule has 0 aromatic carbocycles. The van der Waals surface area contributed by atoms with Crippen LogP contribution in [-0.2, 0) is 46.7 Å². The molecule has 0 bridgehead atoms. The van der Waals surface area contributed by atoms with E-state index in [1.54, 1.807) is 0 Å². The second-order valence-electron chi connectivity index (χ2n) is 1.15. The maximum atomic E-state index is 8.93. The monoisotopic (exact) mass is 490 g/mol. The zero-order valence-electron chi connectivity index (χ0n) is 6.67. The Labute approximate surface area is 118 Å². The quantitative estimate of drug-likeness (QED) is 0.236. The van der Waals surface area contributed by atoms with Crippen molar-refractivity contribution in [1.29, 1.82) is 0 Å². The van der Waals surface area contributed by atoms with Crippen LogP contribution in [0, 0.1) is 0 Å². The van der Waals surface area contributed by atoms with E-state index in [1.165, 1.54) is 0 Å². The Balaban J connectivity index is -0.0000000653. The molecule has 78 valence electrons. The van der Waals surface area contributed by atoms with Gasteiger partial charge in [0.25, 0.3) is 0 Å².